The zero-order chi connectivity index (χ0) is 22.2. The van der Waals surface area contributed by atoms with E-state index in [1.807, 2.05) is 7.05 Å². The first-order valence-electron chi connectivity index (χ1n) is 10.2. The first kappa shape index (κ1) is 22.5. The van der Waals surface area contributed by atoms with Gasteiger partial charge in [0.15, 0.2) is 5.82 Å². The number of hydrogen-bond donors (Lipinski definition) is 2. The van der Waals surface area contributed by atoms with Crippen molar-refractivity contribution in [3.8, 4) is 0 Å². The van der Waals surface area contributed by atoms with Crippen LogP contribution in [0.1, 0.15) is 25.7 Å². The van der Waals surface area contributed by atoms with Gasteiger partial charge in [0.1, 0.15) is 21.6 Å². The monoisotopic (exact) mass is 472 g/mol. The summed E-state index contributed by atoms with van der Waals surface area (Å²) < 4.78 is 45.6. The summed E-state index contributed by atoms with van der Waals surface area (Å²) in [5, 5.41) is 11.1. The highest BCUT2D eigenvalue weighted by Gasteiger charge is 2.45. The van der Waals surface area contributed by atoms with Crippen molar-refractivity contribution in [2.75, 3.05) is 36.3 Å². The van der Waals surface area contributed by atoms with Crippen molar-refractivity contribution in [2.24, 2.45) is 0 Å². The lowest BCUT2D eigenvalue weighted by atomic mass is 9.86. The smallest absolute Gasteiger partial charge is 0.214 e. The minimum absolute atomic E-state index is 0.0116. The number of rotatable bonds is 5. The van der Waals surface area contributed by atoms with Crippen LogP contribution < -0.4 is 9.62 Å². The Balaban J connectivity index is 1.52. The SMILES string of the molecule is CN1CCCCC1C1(O)CCN(c2cc(F)c(SNc3cccc(F)n3)c(F)c2Cl)C1. The van der Waals surface area contributed by atoms with E-state index in [-0.39, 0.29) is 34.0 Å². The fraction of sp³-hybridized carbons (Fsp3) is 0.476. The number of likely N-dealkylation sites (N-methyl/N-ethyl adjacent to an activating group) is 1. The number of piperidine rings is 1. The summed E-state index contributed by atoms with van der Waals surface area (Å²) in [5.41, 5.74) is -0.733. The van der Waals surface area contributed by atoms with Crippen molar-refractivity contribution in [1.82, 2.24) is 9.88 Å². The van der Waals surface area contributed by atoms with E-state index < -0.39 is 23.2 Å². The molecule has 168 valence electrons. The molecule has 2 fully saturated rings. The third-order valence-corrected chi connectivity index (χ3v) is 7.33. The summed E-state index contributed by atoms with van der Waals surface area (Å²) >= 11 is 6.91. The lowest BCUT2D eigenvalue weighted by molar-refractivity contribution is -0.0375. The van der Waals surface area contributed by atoms with Gasteiger partial charge >= 0.3 is 0 Å². The average Bonchev–Trinajstić information content (AvgIpc) is 3.14. The normalized spacial score (nSPS) is 24.6. The number of nitrogens with zero attached hydrogens (tertiary/aromatic N) is 3. The van der Waals surface area contributed by atoms with E-state index in [4.69, 9.17) is 11.6 Å². The van der Waals surface area contributed by atoms with E-state index in [0.29, 0.717) is 24.9 Å². The Morgan fingerprint density at radius 3 is 2.81 bits per heavy atom. The van der Waals surface area contributed by atoms with Crippen LogP contribution in [0.5, 0.6) is 0 Å². The topological polar surface area (TPSA) is 51.6 Å². The standard InChI is InChI=1S/C21H24ClF3N4OS/c1-28-9-3-2-5-15(28)21(30)8-10-29(12-21)14-11-13(23)20(19(25)18(14)22)31-27-17-7-4-6-16(24)26-17/h4,6-7,11,15,30H,2-3,5,8-10,12H2,1H3,(H,26,27). The molecule has 0 saturated carbocycles. The number of aromatic nitrogens is 1. The Kier molecular flexibility index (Phi) is 6.57. The molecule has 2 unspecified atom stereocenters. The molecule has 31 heavy (non-hydrogen) atoms. The molecule has 0 aliphatic carbocycles. The Morgan fingerprint density at radius 1 is 1.26 bits per heavy atom. The van der Waals surface area contributed by atoms with Gasteiger partial charge in [0.2, 0.25) is 5.95 Å². The van der Waals surface area contributed by atoms with Crippen LogP contribution in [0.4, 0.5) is 24.7 Å². The summed E-state index contributed by atoms with van der Waals surface area (Å²) in [6.07, 6.45) is 3.56. The van der Waals surface area contributed by atoms with Crippen LogP contribution in [0, 0.1) is 17.6 Å². The van der Waals surface area contributed by atoms with E-state index in [1.165, 1.54) is 24.3 Å². The molecule has 2 atom stereocenters. The van der Waals surface area contributed by atoms with Gasteiger partial charge in [-0.1, -0.05) is 24.1 Å². The highest BCUT2D eigenvalue weighted by atomic mass is 35.5. The number of hydrogen-bond acceptors (Lipinski definition) is 6. The Labute approximate surface area is 188 Å². The molecule has 4 rings (SSSR count). The fourth-order valence-corrected chi connectivity index (χ4v) is 5.50. The number of halogens is 4. The van der Waals surface area contributed by atoms with Crippen molar-refractivity contribution >= 4 is 35.1 Å². The lowest BCUT2D eigenvalue weighted by Crippen LogP contribution is -2.54. The first-order valence-corrected chi connectivity index (χ1v) is 11.4. The third kappa shape index (κ3) is 4.60. The molecule has 1 aromatic heterocycles. The molecular formula is C21H24ClF3N4OS. The maximum Gasteiger partial charge on any atom is 0.214 e. The molecule has 0 bridgehead atoms. The van der Waals surface area contributed by atoms with Gasteiger partial charge in [-0.25, -0.2) is 13.8 Å². The highest BCUT2D eigenvalue weighted by Crippen LogP contribution is 2.41. The van der Waals surface area contributed by atoms with Crippen molar-refractivity contribution in [2.45, 2.75) is 42.2 Å². The average molecular weight is 473 g/mol. The van der Waals surface area contributed by atoms with Gasteiger partial charge in [-0.2, -0.15) is 4.39 Å². The number of benzene rings is 1. The zero-order valence-corrected chi connectivity index (χ0v) is 18.6. The summed E-state index contributed by atoms with van der Waals surface area (Å²) in [6, 6.07) is 5.29. The zero-order valence-electron chi connectivity index (χ0n) is 17.0. The maximum absolute atomic E-state index is 14.9. The van der Waals surface area contributed by atoms with Crippen LogP contribution in [0.2, 0.25) is 5.02 Å². The molecular weight excluding hydrogens is 449 g/mol. The molecule has 2 aromatic rings. The Bertz CT molecular complexity index is 968. The van der Waals surface area contributed by atoms with Gasteiger partial charge in [-0.05, 0) is 56.9 Å². The van der Waals surface area contributed by atoms with Crippen molar-refractivity contribution in [3.05, 3.63) is 46.9 Å². The highest BCUT2D eigenvalue weighted by molar-refractivity contribution is 8.00. The van der Waals surface area contributed by atoms with Crippen molar-refractivity contribution in [1.29, 1.82) is 0 Å². The predicted molar refractivity (Wildman–Crippen MR) is 117 cm³/mol. The van der Waals surface area contributed by atoms with E-state index in [1.54, 1.807) is 4.90 Å². The molecule has 5 nitrogen and oxygen atoms in total. The quantitative estimate of drug-likeness (QED) is 0.374. The summed E-state index contributed by atoms with van der Waals surface area (Å²) in [4.78, 5) is 7.18. The second-order valence-corrected chi connectivity index (χ2v) is 9.35. The number of anilines is 2. The van der Waals surface area contributed by atoms with E-state index >= 15 is 0 Å². The molecule has 1 aromatic carbocycles. The summed E-state index contributed by atoms with van der Waals surface area (Å²) in [7, 11) is 2.00. The van der Waals surface area contributed by atoms with E-state index in [9.17, 15) is 18.3 Å². The van der Waals surface area contributed by atoms with Gasteiger partial charge in [0.25, 0.3) is 0 Å². The molecule has 2 aliphatic rings. The molecule has 0 radical (unpaired) electrons. The number of pyridine rings is 1. The van der Waals surface area contributed by atoms with E-state index in [0.717, 1.165) is 25.8 Å². The van der Waals surface area contributed by atoms with Crippen LogP contribution >= 0.6 is 23.5 Å². The van der Waals surface area contributed by atoms with Gasteiger partial charge < -0.3 is 19.6 Å². The first-order chi connectivity index (χ1) is 14.8. The Hall–Kier alpha value is -1.68. The third-order valence-electron chi connectivity index (χ3n) is 6.08. The number of aliphatic hydroxyl groups is 1. The lowest BCUT2D eigenvalue weighted by Gasteiger charge is -2.42. The van der Waals surface area contributed by atoms with Gasteiger partial charge in [-0.15, -0.1) is 0 Å². The minimum atomic E-state index is -0.955. The Morgan fingerprint density at radius 2 is 2.06 bits per heavy atom. The molecule has 2 N–H and O–H groups in total. The van der Waals surface area contributed by atoms with Crippen LogP contribution in [-0.2, 0) is 0 Å². The van der Waals surface area contributed by atoms with Gasteiger partial charge in [0, 0.05) is 25.2 Å². The number of likely N-dealkylation sites (tertiary alicyclic amines) is 1. The second-order valence-electron chi connectivity index (χ2n) is 8.15. The number of β-amino-alcohol motifs (C(OH)–C–C–N with tert-alkyl or cyclic N) is 1. The van der Waals surface area contributed by atoms with Crippen molar-refractivity contribution in [3.63, 3.8) is 0 Å². The summed E-state index contributed by atoms with van der Waals surface area (Å²) in [5.74, 6) is -2.28. The molecule has 3 heterocycles. The summed E-state index contributed by atoms with van der Waals surface area (Å²) in [6.45, 7) is 1.64. The van der Waals surface area contributed by atoms with E-state index in [2.05, 4.69) is 14.6 Å². The largest absolute Gasteiger partial charge is 0.386 e. The van der Waals surface area contributed by atoms with Crippen LogP contribution in [0.15, 0.2) is 29.2 Å². The van der Waals surface area contributed by atoms with Gasteiger partial charge in [0.05, 0.1) is 11.3 Å². The van der Waals surface area contributed by atoms with Crippen molar-refractivity contribution < 1.29 is 18.3 Å². The molecule has 0 spiro atoms. The fourth-order valence-electron chi connectivity index (χ4n) is 4.51. The number of nitrogens with one attached hydrogen (secondary N) is 1. The molecule has 10 heteroatoms. The minimum Gasteiger partial charge on any atom is -0.386 e. The van der Waals surface area contributed by atoms with Crippen LogP contribution in [-0.4, -0.2) is 53.3 Å². The van der Waals surface area contributed by atoms with Crippen LogP contribution in [0.3, 0.4) is 0 Å². The molecule has 0 amide bonds. The van der Waals surface area contributed by atoms with Gasteiger partial charge in [-0.3, -0.25) is 0 Å². The second kappa shape index (κ2) is 9.05. The van der Waals surface area contributed by atoms with Crippen LogP contribution in [0.25, 0.3) is 0 Å². The molecule has 2 aliphatic heterocycles. The molecule has 2 saturated heterocycles. The predicted octanol–water partition coefficient (Wildman–Crippen LogP) is 4.70. The maximum atomic E-state index is 14.9.